The fraction of sp³-hybridized carbons (Fsp3) is 0.833. The molecule has 0 unspecified atom stereocenters. The topological polar surface area (TPSA) is 69.6 Å². The fourth-order valence-corrected chi connectivity index (χ4v) is 1.58. The second-order valence-electron chi connectivity index (χ2n) is 4.96. The summed E-state index contributed by atoms with van der Waals surface area (Å²) in [6.45, 7) is 5.41. The minimum Gasteiger partial charge on any atom is -0.481 e. The van der Waals surface area contributed by atoms with Gasteiger partial charge in [0.15, 0.2) is 0 Å². The zero-order valence-electron chi connectivity index (χ0n) is 10.6. The van der Waals surface area contributed by atoms with Crippen LogP contribution in [0.4, 0.5) is 0 Å². The van der Waals surface area contributed by atoms with Crippen molar-refractivity contribution in [1.29, 1.82) is 0 Å². The van der Waals surface area contributed by atoms with Gasteiger partial charge < -0.3 is 10.4 Å². The summed E-state index contributed by atoms with van der Waals surface area (Å²) < 4.78 is 0. The van der Waals surface area contributed by atoms with Gasteiger partial charge in [-0.25, -0.2) is 0 Å². The van der Waals surface area contributed by atoms with Crippen LogP contribution in [0, 0.1) is 5.92 Å². The van der Waals surface area contributed by atoms with E-state index >= 15 is 0 Å². The van der Waals surface area contributed by atoms with Crippen LogP contribution in [-0.4, -0.2) is 47.6 Å². The predicted molar refractivity (Wildman–Crippen MR) is 64.7 cm³/mol. The van der Waals surface area contributed by atoms with Crippen molar-refractivity contribution in [3.8, 4) is 0 Å². The molecule has 0 atom stereocenters. The van der Waals surface area contributed by atoms with Gasteiger partial charge in [0.2, 0.25) is 5.91 Å². The van der Waals surface area contributed by atoms with Gasteiger partial charge in [-0.2, -0.15) is 0 Å². The van der Waals surface area contributed by atoms with Crippen molar-refractivity contribution in [3.63, 3.8) is 0 Å². The summed E-state index contributed by atoms with van der Waals surface area (Å²) in [7, 11) is 0. The lowest BCUT2D eigenvalue weighted by Crippen LogP contribution is -2.42. The monoisotopic (exact) mass is 242 g/mol. The van der Waals surface area contributed by atoms with E-state index in [0.717, 1.165) is 6.54 Å². The molecule has 1 amide bonds. The first kappa shape index (κ1) is 14.0. The van der Waals surface area contributed by atoms with E-state index in [2.05, 4.69) is 5.32 Å². The molecular weight excluding hydrogens is 220 g/mol. The van der Waals surface area contributed by atoms with Crippen LogP contribution in [0.2, 0.25) is 0 Å². The lowest BCUT2D eigenvalue weighted by atomic mass is 10.2. The highest BCUT2D eigenvalue weighted by Crippen LogP contribution is 2.27. The molecule has 0 radical (unpaired) electrons. The molecule has 1 rings (SSSR count). The molecule has 1 aliphatic carbocycles. The van der Waals surface area contributed by atoms with Gasteiger partial charge >= 0.3 is 5.97 Å². The summed E-state index contributed by atoms with van der Waals surface area (Å²) in [5.74, 6) is -0.157. The van der Waals surface area contributed by atoms with Crippen LogP contribution in [0.5, 0.6) is 0 Å². The van der Waals surface area contributed by atoms with Crippen molar-refractivity contribution in [2.75, 3.05) is 19.6 Å². The summed E-state index contributed by atoms with van der Waals surface area (Å²) in [5.41, 5.74) is 0. The van der Waals surface area contributed by atoms with E-state index in [1.165, 1.54) is 12.8 Å². The molecule has 98 valence electrons. The Morgan fingerprint density at radius 3 is 2.53 bits per heavy atom. The first-order valence-corrected chi connectivity index (χ1v) is 6.21. The third-order valence-electron chi connectivity index (χ3n) is 2.97. The SMILES string of the molecule is CC(C)N(CCC(=O)O)CC(=O)NCC1CC1. The van der Waals surface area contributed by atoms with Crippen LogP contribution in [0.15, 0.2) is 0 Å². The molecule has 1 aliphatic rings. The molecule has 0 bridgehead atoms. The highest BCUT2D eigenvalue weighted by Gasteiger charge is 2.22. The van der Waals surface area contributed by atoms with Crippen LogP contribution in [-0.2, 0) is 9.59 Å². The Hall–Kier alpha value is -1.10. The fourth-order valence-electron chi connectivity index (χ4n) is 1.58. The molecule has 17 heavy (non-hydrogen) atoms. The van der Waals surface area contributed by atoms with Gasteiger partial charge in [-0.1, -0.05) is 0 Å². The van der Waals surface area contributed by atoms with Crippen LogP contribution in [0.25, 0.3) is 0 Å². The standard InChI is InChI=1S/C12H22N2O3/c1-9(2)14(6-5-12(16)17)8-11(15)13-7-10-3-4-10/h9-10H,3-8H2,1-2H3,(H,13,15)(H,16,17). The van der Waals surface area contributed by atoms with E-state index < -0.39 is 5.97 Å². The Bertz CT molecular complexity index is 275. The van der Waals surface area contributed by atoms with Crippen molar-refractivity contribution in [3.05, 3.63) is 0 Å². The van der Waals surface area contributed by atoms with Crippen LogP contribution in [0.1, 0.15) is 33.1 Å². The molecule has 2 N–H and O–H groups in total. The number of nitrogens with zero attached hydrogens (tertiary/aromatic N) is 1. The normalized spacial score (nSPS) is 15.3. The number of carbonyl (C=O) groups is 2. The van der Waals surface area contributed by atoms with E-state index in [1.807, 2.05) is 18.7 Å². The minimum atomic E-state index is -0.825. The number of hydrogen-bond donors (Lipinski definition) is 2. The third-order valence-corrected chi connectivity index (χ3v) is 2.97. The average Bonchev–Trinajstić information content (AvgIpc) is 3.04. The quantitative estimate of drug-likeness (QED) is 0.657. The molecule has 0 heterocycles. The maximum Gasteiger partial charge on any atom is 0.304 e. The minimum absolute atomic E-state index is 0.00371. The second kappa shape index (κ2) is 6.59. The summed E-state index contributed by atoms with van der Waals surface area (Å²) in [6, 6.07) is 0.182. The van der Waals surface area contributed by atoms with Gasteiger partial charge in [0.05, 0.1) is 13.0 Å². The molecule has 1 saturated carbocycles. The van der Waals surface area contributed by atoms with Crippen LogP contribution >= 0.6 is 0 Å². The Morgan fingerprint density at radius 2 is 2.06 bits per heavy atom. The van der Waals surface area contributed by atoms with Crippen molar-refractivity contribution >= 4 is 11.9 Å². The van der Waals surface area contributed by atoms with Gasteiger partial charge in [-0.3, -0.25) is 14.5 Å². The predicted octanol–water partition coefficient (Wildman–Crippen LogP) is 0.698. The van der Waals surface area contributed by atoms with E-state index in [9.17, 15) is 9.59 Å². The number of rotatable bonds is 8. The number of carbonyl (C=O) groups excluding carboxylic acids is 1. The van der Waals surface area contributed by atoms with Gasteiger partial charge in [0.25, 0.3) is 0 Å². The van der Waals surface area contributed by atoms with Crippen molar-refractivity contribution in [2.24, 2.45) is 5.92 Å². The number of aliphatic carboxylic acids is 1. The second-order valence-corrected chi connectivity index (χ2v) is 4.96. The number of hydrogen-bond acceptors (Lipinski definition) is 3. The van der Waals surface area contributed by atoms with E-state index in [1.54, 1.807) is 0 Å². The highest BCUT2D eigenvalue weighted by atomic mass is 16.4. The van der Waals surface area contributed by atoms with E-state index in [-0.39, 0.29) is 24.9 Å². The average molecular weight is 242 g/mol. The van der Waals surface area contributed by atoms with E-state index in [0.29, 0.717) is 12.5 Å². The lowest BCUT2D eigenvalue weighted by Gasteiger charge is -2.25. The number of carboxylic acids is 1. The smallest absolute Gasteiger partial charge is 0.304 e. The maximum absolute atomic E-state index is 11.6. The molecule has 0 aliphatic heterocycles. The summed E-state index contributed by atoms with van der Waals surface area (Å²) in [4.78, 5) is 24.0. The Morgan fingerprint density at radius 1 is 1.41 bits per heavy atom. The largest absolute Gasteiger partial charge is 0.481 e. The molecule has 0 saturated heterocycles. The maximum atomic E-state index is 11.6. The number of amides is 1. The number of carboxylic acid groups (broad SMARTS) is 1. The zero-order chi connectivity index (χ0) is 12.8. The first-order valence-electron chi connectivity index (χ1n) is 6.21. The van der Waals surface area contributed by atoms with Gasteiger partial charge in [-0.05, 0) is 32.6 Å². The molecule has 5 nitrogen and oxygen atoms in total. The third kappa shape index (κ3) is 6.26. The van der Waals surface area contributed by atoms with Gasteiger partial charge in [-0.15, -0.1) is 0 Å². The summed E-state index contributed by atoms with van der Waals surface area (Å²) in [6.07, 6.45) is 2.51. The van der Waals surface area contributed by atoms with Crippen LogP contribution < -0.4 is 5.32 Å². The van der Waals surface area contributed by atoms with Crippen molar-refractivity contribution < 1.29 is 14.7 Å². The molecule has 5 heteroatoms. The highest BCUT2D eigenvalue weighted by molar-refractivity contribution is 5.78. The molecule has 0 aromatic carbocycles. The Balaban J connectivity index is 2.25. The lowest BCUT2D eigenvalue weighted by molar-refractivity contribution is -0.138. The molecule has 1 fully saturated rings. The van der Waals surface area contributed by atoms with Gasteiger partial charge in [0.1, 0.15) is 0 Å². The van der Waals surface area contributed by atoms with Gasteiger partial charge in [0, 0.05) is 19.1 Å². The molecular formula is C12H22N2O3. The number of nitrogens with one attached hydrogen (secondary N) is 1. The molecule has 0 spiro atoms. The van der Waals surface area contributed by atoms with Crippen molar-refractivity contribution in [2.45, 2.75) is 39.2 Å². The van der Waals surface area contributed by atoms with E-state index in [4.69, 9.17) is 5.11 Å². The first-order chi connectivity index (χ1) is 7.99. The van der Waals surface area contributed by atoms with Crippen LogP contribution in [0.3, 0.4) is 0 Å². The molecule has 0 aromatic heterocycles. The van der Waals surface area contributed by atoms with Crippen molar-refractivity contribution in [1.82, 2.24) is 10.2 Å². The Labute approximate surface area is 102 Å². The zero-order valence-corrected chi connectivity index (χ0v) is 10.6. The Kier molecular flexibility index (Phi) is 5.41. The summed E-state index contributed by atoms with van der Waals surface area (Å²) >= 11 is 0. The summed E-state index contributed by atoms with van der Waals surface area (Å²) in [5, 5.41) is 11.5. The molecule has 0 aromatic rings.